The molecule has 0 bridgehead atoms. The molecule has 3 rings (SSSR count). The molecule has 1 saturated heterocycles. The molecule has 2 aliphatic rings. The lowest BCUT2D eigenvalue weighted by Gasteiger charge is -2.29. The summed E-state index contributed by atoms with van der Waals surface area (Å²) >= 11 is 0. The highest BCUT2D eigenvalue weighted by molar-refractivity contribution is 6.06. The lowest BCUT2D eigenvalue weighted by Crippen LogP contribution is -2.50. The van der Waals surface area contributed by atoms with E-state index in [0.717, 1.165) is 31.6 Å². The van der Waals surface area contributed by atoms with Gasteiger partial charge in [-0.25, -0.2) is 4.79 Å². The third-order valence-corrected chi connectivity index (χ3v) is 3.72. The Bertz CT molecular complexity index is 527. The third kappa shape index (κ3) is 2.33. The van der Waals surface area contributed by atoms with Gasteiger partial charge in [-0.15, -0.1) is 0 Å². The first-order valence-corrected chi connectivity index (χ1v) is 6.68. The van der Waals surface area contributed by atoms with Crippen molar-refractivity contribution in [3.05, 3.63) is 29.3 Å². The maximum absolute atomic E-state index is 12.0. The number of nitrogens with zero attached hydrogens (tertiary/aromatic N) is 1. The zero-order chi connectivity index (χ0) is 13.2. The Kier molecular flexibility index (Phi) is 3.21. The Balaban J connectivity index is 1.96. The summed E-state index contributed by atoms with van der Waals surface area (Å²) in [6.07, 6.45) is 2.27. The Morgan fingerprint density at radius 1 is 1.05 bits per heavy atom. The van der Waals surface area contributed by atoms with E-state index < -0.39 is 0 Å². The third-order valence-electron chi connectivity index (χ3n) is 3.72. The molecule has 0 saturated carbocycles. The highest BCUT2D eigenvalue weighted by atomic mass is 16.2. The molecule has 5 heteroatoms. The lowest BCUT2D eigenvalue weighted by atomic mass is 10.00. The Labute approximate surface area is 112 Å². The van der Waals surface area contributed by atoms with Gasteiger partial charge in [0.2, 0.25) is 5.91 Å². The number of fused-ring (bicyclic) bond motifs is 1. The van der Waals surface area contributed by atoms with E-state index in [1.807, 2.05) is 12.1 Å². The zero-order valence-electron chi connectivity index (χ0n) is 10.7. The van der Waals surface area contributed by atoms with Gasteiger partial charge >= 0.3 is 6.03 Å². The first-order valence-electron chi connectivity index (χ1n) is 6.68. The van der Waals surface area contributed by atoms with Crippen LogP contribution in [-0.2, 0) is 17.6 Å². The number of carbonyl (C=O) groups is 2. The fourth-order valence-corrected chi connectivity index (χ4v) is 2.75. The van der Waals surface area contributed by atoms with Crippen molar-refractivity contribution in [3.8, 4) is 0 Å². The number of nitrogens with one attached hydrogen (secondary N) is 2. The second-order valence-electron chi connectivity index (χ2n) is 4.92. The van der Waals surface area contributed by atoms with Crippen LogP contribution in [0.25, 0.3) is 0 Å². The molecule has 2 aliphatic heterocycles. The van der Waals surface area contributed by atoms with Crippen LogP contribution >= 0.6 is 0 Å². The van der Waals surface area contributed by atoms with E-state index in [4.69, 9.17) is 0 Å². The summed E-state index contributed by atoms with van der Waals surface area (Å²) < 4.78 is 0. The largest absolute Gasteiger partial charge is 0.328 e. The smallest absolute Gasteiger partial charge is 0.316 e. The summed E-state index contributed by atoms with van der Waals surface area (Å²) in [7, 11) is 0. The van der Waals surface area contributed by atoms with Gasteiger partial charge in [0, 0.05) is 18.7 Å². The summed E-state index contributed by atoms with van der Waals surface area (Å²) in [6, 6.07) is 5.78. The van der Waals surface area contributed by atoms with E-state index in [9.17, 15) is 9.59 Å². The van der Waals surface area contributed by atoms with Crippen molar-refractivity contribution in [2.75, 3.05) is 24.5 Å². The SMILES string of the molecule is O=C1CCN(c2cccc3c2CCNCC3)C(=O)N1. The van der Waals surface area contributed by atoms with Crippen LogP contribution in [0, 0.1) is 0 Å². The maximum Gasteiger partial charge on any atom is 0.328 e. The summed E-state index contributed by atoms with van der Waals surface area (Å²) in [4.78, 5) is 24.9. The van der Waals surface area contributed by atoms with Gasteiger partial charge in [-0.1, -0.05) is 12.1 Å². The van der Waals surface area contributed by atoms with Crippen molar-refractivity contribution < 1.29 is 9.59 Å². The molecule has 0 unspecified atom stereocenters. The number of imide groups is 1. The van der Waals surface area contributed by atoms with Crippen molar-refractivity contribution in [3.63, 3.8) is 0 Å². The first-order chi connectivity index (χ1) is 9.25. The maximum atomic E-state index is 12.0. The van der Waals surface area contributed by atoms with Gasteiger partial charge in [-0.3, -0.25) is 15.0 Å². The van der Waals surface area contributed by atoms with E-state index in [0.29, 0.717) is 13.0 Å². The standard InChI is InChI=1S/C14H17N3O2/c18-13-6-9-17(14(19)16-13)12-3-1-2-10-4-7-15-8-5-11(10)12/h1-3,15H,4-9H2,(H,16,18,19). The quantitative estimate of drug-likeness (QED) is 0.785. The first kappa shape index (κ1) is 12.2. The molecule has 1 fully saturated rings. The highest BCUT2D eigenvalue weighted by Gasteiger charge is 2.26. The number of urea groups is 1. The van der Waals surface area contributed by atoms with Crippen molar-refractivity contribution in [2.24, 2.45) is 0 Å². The van der Waals surface area contributed by atoms with Gasteiger partial charge < -0.3 is 5.32 Å². The minimum Gasteiger partial charge on any atom is -0.316 e. The number of hydrogen-bond donors (Lipinski definition) is 2. The van der Waals surface area contributed by atoms with Gasteiger partial charge in [0.15, 0.2) is 0 Å². The molecular weight excluding hydrogens is 242 g/mol. The minimum atomic E-state index is -0.304. The van der Waals surface area contributed by atoms with Crippen LogP contribution in [0.15, 0.2) is 18.2 Å². The minimum absolute atomic E-state index is 0.190. The summed E-state index contributed by atoms with van der Waals surface area (Å²) in [5, 5.41) is 5.75. The van der Waals surface area contributed by atoms with Gasteiger partial charge in [-0.2, -0.15) is 0 Å². The number of amides is 3. The molecule has 19 heavy (non-hydrogen) atoms. The van der Waals surface area contributed by atoms with E-state index in [2.05, 4.69) is 16.7 Å². The molecule has 1 aromatic carbocycles. The number of carbonyl (C=O) groups excluding carboxylic acids is 2. The molecule has 5 nitrogen and oxygen atoms in total. The summed E-state index contributed by atoms with van der Waals surface area (Å²) in [5.41, 5.74) is 3.48. The van der Waals surface area contributed by atoms with E-state index in [1.165, 1.54) is 11.1 Å². The van der Waals surface area contributed by atoms with Gasteiger partial charge in [0.1, 0.15) is 0 Å². The Hall–Kier alpha value is -1.88. The molecule has 1 aromatic rings. The van der Waals surface area contributed by atoms with Crippen LogP contribution in [0.1, 0.15) is 17.5 Å². The van der Waals surface area contributed by atoms with Crippen molar-refractivity contribution >= 4 is 17.6 Å². The highest BCUT2D eigenvalue weighted by Crippen LogP contribution is 2.27. The van der Waals surface area contributed by atoms with Crippen LogP contribution < -0.4 is 15.5 Å². The molecule has 0 spiro atoms. The lowest BCUT2D eigenvalue weighted by molar-refractivity contribution is -0.120. The molecule has 2 heterocycles. The molecule has 2 N–H and O–H groups in total. The van der Waals surface area contributed by atoms with Gasteiger partial charge in [0.25, 0.3) is 0 Å². The second-order valence-corrected chi connectivity index (χ2v) is 4.92. The van der Waals surface area contributed by atoms with Crippen LogP contribution in [-0.4, -0.2) is 31.6 Å². The van der Waals surface area contributed by atoms with E-state index in [-0.39, 0.29) is 11.9 Å². The Morgan fingerprint density at radius 3 is 2.74 bits per heavy atom. The second kappa shape index (κ2) is 5.01. The summed E-state index contributed by atoms with van der Waals surface area (Å²) in [6.45, 7) is 2.37. The van der Waals surface area contributed by atoms with E-state index >= 15 is 0 Å². The molecule has 0 radical (unpaired) electrons. The van der Waals surface area contributed by atoms with Gasteiger partial charge in [-0.05, 0) is 43.1 Å². The Morgan fingerprint density at radius 2 is 1.89 bits per heavy atom. The molecular formula is C14H17N3O2. The van der Waals surface area contributed by atoms with Crippen LogP contribution in [0.4, 0.5) is 10.5 Å². The molecule has 0 aliphatic carbocycles. The average Bonchev–Trinajstić information content (AvgIpc) is 2.64. The number of benzene rings is 1. The summed E-state index contributed by atoms with van der Waals surface area (Å²) in [5.74, 6) is -0.190. The average molecular weight is 259 g/mol. The molecule has 0 atom stereocenters. The normalized spacial score (nSPS) is 19.7. The fourth-order valence-electron chi connectivity index (χ4n) is 2.75. The predicted octanol–water partition coefficient (Wildman–Crippen LogP) is 0.821. The fraction of sp³-hybridized carbons (Fsp3) is 0.429. The predicted molar refractivity (Wildman–Crippen MR) is 72.2 cm³/mol. The molecule has 0 aromatic heterocycles. The molecule has 100 valence electrons. The van der Waals surface area contributed by atoms with Crippen LogP contribution in [0.5, 0.6) is 0 Å². The topological polar surface area (TPSA) is 61.4 Å². The zero-order valence-corrected chi connectivity index (χ0v) is 10.7. The van der Waals surface area contributed by atoms with Crippen molar-refractivity contribution in [2.45, 2.75) is 19.3 Å². The van der Waals surface area contributed by atoms with E-state index in [1.54, 1.807) is 4.90 Å². The number of hydrogen-bond acceptors (Lipinski definition) is 3. The number of rotatable bonds is 1. The van der Waals surface area contributed by atoms with Crippen molar-refractivity contribution in [1.82, 2.24) is 10.6 Å². The number of anilines is 1. The monoisotopic (exact) mass is 259 g/mol. The van der Waals surface area contributed by atoms with Crippen molar-refractivity contribution in [1.29, 1.82) is 0 Å². The van der Waals surface area contributed by atoms with Crippen LogP contribution in [0.3, 0.4) is 0 Å². The molecule has 3 amide bonds. The van der Waals surface area contributed by atoms with Gasteiger partial charge in [0.05, 0.1) is 0 Å². The van der Waals surface area contributed by atoms with Crippen LogP contribution in [0.2, 0.25) is 0 Å².